The summed E-state index contributed by atoms with van der Waals surface area (Å²) in [6.45, 7) is 1.96. The van der Waals surface area contributed by atoms with Crippen LogP contribution in [0.4, 0.5) is 4.39 Å². The molecular weight excluding hydrogens is 299 g/mol. The standard InChI is InChI=1S/C16H17FN4O2/c1-21-5-4-13-11(9-21)7-18-15(20-13)8-19-16(23)10-2-3-12(17)14(22)6-10/h2-3,6-7,22H,4-5,8-9H2,1H3,(H,19,23). The van der Waals surface area contributed by atoms with Crippen molar-refractivity contribution >= 4 is 5.91 Å². The molecular formula is C16H17FN4O2. The average molecular weight is 316 g/mol. The lowest BCUT2D eigenvalue weighted by Crippen LogP contribution is -2.29. The maximum absolute atomic E-state index is 13.0. The molecule has 0 saturated heterocycles. The molecule has 120 valence electrons. The molecule has 0 bridgehead atoms. The molecule has 1 aromatic heterocycles. The third-order valence-corrected chi connectivity index (χ3v) is 3.79. The van der Waals surface area contributed by atoms with Gasteiger partial charge in [-0.25, -0.2) is 14.4 Å². The first-order valence-corrected chi connectivity index (χ1v) is 7.32. The Morgan fingerprint density at radius 3 is 3.09 bits per heavy atom. The summed E-state index contributed by atoms with van der Waals surface area (Å²) in [5.41, 5.74) is 2.31. The van der Waals surface area contributed by atoms with Gasteiger partial charge in [0, 0.05) is 42.5 Å². The zero-order chi connectivity index (χ0) is 16.4. The van der Waals surface area contributed by atoms with Crippen molar-refractivity contribution in [1.82, 2.24) is 20.2 Å². The molecule has 0 fully saturated rings. The largest absolute Gasteiger partial charge is 0.505 e. The number of nitrogens with zero attached hydrogens (tertiary/aromatic N) is 3. The van der Waals surface area contributed by atoms with Crippen molar-refractivity contribution in [2.24, 2.45) is 0 Å². The van der Waals surface area contributed by atoms with E-state index in [2.05, 4.69) is 27.2 Å². The second-order valence-electron chi connectivity index (χ2n) is 5.59. The molecule has 23 heavy (non-hydrogen) atoms. The van der Waals surface area contributed by atoms with Crippen molar-refractivity contribution < 1.29 is 14.3 Å². The fourth-order valence-corrected chi connectivity index (χ4v) is 2.50. The molecule has 1 aliphatic heterocycles. The number of likely N-dealkylation sites (N-methyl/N-ethyl adjacent to an activating group) is 1. The number of amides is 1. The van der Waals surface area contributed by atoms with Crippen molar-refractivity contribution in [3.63, 3.8) is 0 Å². The lowest BCUT2D eigenvalue weighted by molar-refractivity contribution is 0.0949. The van der Waals surface area contributed by atoms with Crippen molar-refractivity contribution in [3.05, 3.63) is 52.9 Å². The van der Waals surface area contributed by atoms with Gasteiger partial charge in [0.2, 0.25) is 0 Å². The molecule has 0 spiro atoms. The van der Waals surface area contributed by atoms with E-state index in [0.29, 0.717) is 5.82 Å². The molecule has 1 aromatic carbocycles. The highest BCUT2D eigenvalue weighted by molar-refractivity contribution is 5.94. The van der Waals surface area contributed by atoms with E-state index < -0.39 is 17.5 Å². The number of rotatable bonds is 3. The van der Waals surface area contributed by atoms with Crippen LogP contribution in [0.3, 0.4) is 0 Å². The quantitative estimate of drug-likeness (QED) is 0.891. The highest BCUT2D eigenvalue weighted by Gasteiger charge is 2.16. The molecule has 3 rings (SSSR count). The average Bonchev–Trinajstić information content (AvgIpc) is 2.55. The van der Waals surface area contributed by atoms with Crippen LogP contribution in [-0.4, -0.2) is 39.5 Å². The molecule has 0 unspecified atom stereocenters. The Bertz CT molecular complexity index is 751. The molecule has 6 nitrogen and oxygen atoms in total. The monoisotopic (exact) mass is 316 g/mol. The number of hydrogen-bond acceptors (Lipinski definition) is 5. The van der Waals surface area contributed by atoms with Gasteiger partial charge in [0.05, 0.1) is 6.54 Å². The lowest BCUT2D eigenvalue weighted by Gasteiger charge is -2.23. The van der Waals surface area contributed by atoms with E-state index in [1.165, 1.54) is 6.07 Å². The molecule has 0 radical (unpaired) electrons. The molecule has 0 saturated carbocycles. The van der Waals surface area contributed by atoms with E-state index in [1.807, 2.05) is 0 Å². The number of halogens is 1. The third-order valence-electron chi connectivity index (χ3n) is 3.79. The number of phenolic OH excluding ortho intramolecular Hbond substituents is 1. The maximum atomic E-state index is 13.0. The minimum Gasteiger partial charge on any atom is -0.505 e. The van der Waals surface area contributed by atoms with Crippen LogP contribution >= 0.6 is 0 Å². The fraction of sp³-hybridized carbons (Fsp3) is 0.312. The van der Waals surface area contributed by atoms with Gasteiger partial charge in [0.25, 0.3) is 5.91 Å². The molecule has 1 aliphatic rings. The van der Waals surface area contributed by atoms with E-state index in [-0.39, 0.29) is 12.1 Å². The number of nitrogens with one attached hydrogen (secondary N) is 1. The fourth-order valence-electron chi connectivity index (χ4n) is 2.50. The topological polar surface area (TPSA) is 78.4 Å². The number of benzene rings is 1. The Hall–Kier alpha value is -2.54. The molecule has 2 heterocycles. The number of fused-ring (bicyclic) bond motifs is 1. The first kappa shape index (κ1) is 15.4. The van der Waals surface area contributed by atoms with Crippen LogP contribution in [0.5, 0.6) is 5.75 Å². The van der Waals surface area contributed by atoms with Gasteiger partial charge in [0.15, 0.2) is 11.6 Å². The van der Waals surface area contributed by atoms with Gasteiger partial charge in [-0.05, 0) is 25.2 Å². The minimum absolute atomic E-state index is 0.181. The predicted molar refractivity (Wildman–Crippen MR) is 81.3 cm³/mol. The Morgan fingerprint density at radius 2 is 2.30 bits per heavy atom. The second-order valence-corrected chi connectivity index (χ2v) is 5.59. The number of aromatic hydroxyl groups is 1. The van der Waals surface area contributed by atoms with Gasteiger partial charge in [-0.1, -0.05) is 0 Å². The Balaban J connectivity index is 1.66. The van der Waals surface area contributed by atoms with Gasteiger partial charge in [0.1, 0.15) is 5.82 Å². The van der Waals surface area contributed by atoms with E-state index in [4.69, 9.17) is 0 Å². The van der Waals surface area contributed by atoms with Crippen LogP contribution in [0.1, 0.15) is 27.4 Å². The van der Waals surface area contributed by atoms with Gasteiger partial charge in [-0.2, -0.15) is 0 Å². The molecule has 1 amide bonds. The van der Waals surface area contributed by atoms with Crippen LogP contribution in [0, 0.1) is 5.82 Å². The van der Waals surface area contributed by atoms with Gasteiger partial charge in [-0.3, -0.25) is 4.79 Å². The summed E-state index contributed by atoms with van der Waals surface area (Å²) in [7, 11) is 2.05. The van der Waals surface area contributed by atoms with Crippen molar-refractivity contribution in [2.45, 2.75) is 19.5 Å². The van der Waals surface area contributed by atoms with E-state index in [0.717, 1.165) is 42.9 Å². The smallest absolute Gasteiger partial charge is 0.251 e. The third kappa shape index (κ3) is 3.45. The Kier molecular flexibility index (Phi) is 4.20. The summed E-state index contributed by atoms with van der Waals surface area (Å²) in [5, 5.41) is 12.0. The van der Waals surface area contributed by atoms with E-state index in [9.17, 15) is 14.3 Å². The predicted octanol–water partition coefficient (Wildman–Crippen LogP) is 1.24. The maximum Gasteiger partial charge on any atom is 0.251 e. The molecule has 7 heteroatoms. The first-order chi connectivity index (χ1) is 11.0. The SMILES string of the molecule is CN1CCc2nc(CNC(=O)c3ccc(F)c(O)c3)ncc2C1. The van der Waals surface area contributed by atoms with Crippen LogP contribution < -0.4 is 5.32 Å². The number of aromatic nitrogens is 2. The summed E-state index contributed by atoms with van der Waals surface area (Å²) >= 11 is 0. The van der Waals surface area contributed by atoms with E-state index >= 15 is 0 Å². The highest BCUT2D eigenvalue weighted by Crippen LogP contribution is 2.17. The second kappa shape index (κ2) is 6.29. The van der Waals surface area contributed by atoms with Crippen LogP contribution in [0.2, 0.25) is 0 Å². The zero-order valence-electron chi connectivity index (χ0n) is 12.7. The summed E-state index contributed by atoms with van der Waals surface area (Å²) in [4.78, 5) is 23.0. The summed E-state index contributed by atoms with van der Waals surface area (Å²) in [6, 6.07) is 3.46. The van der Waals surface area contributed by atoms with Crippen molar-refractivity contribution in [1.29, 1.82) is 0 Å². The zero-order valence-corrected chi connectivity index (χ0v) is 12.7. The van der Waals surface area contributed by atoms with Gasteiger partial charge in [-0.15, -0.1) is 0 Å². The molecule has 2 N–H and O–H groups in total. The number of carbonyl (C=O) groups is 1. The number of carbonyl (C=O) groups excluding carboxylic acids is 1. The number of phenols is 1. The lowest BCUT2D eigenvalue weighted by atomic mass is 10.1. The molecule has 2 aromatic rings. The molecule has 0 aliphatic carbocycles. The molecule has 0 atom stereocenters. The van der Waals surface area contributed by atoms with Gasteiger partial charge >= 0.3 is 0 Å². The number of hydrogen-bond donors (Lipinski definition) is 2. The van der Waals surface area contributed by atoms with E-state index in [1.54, 1.807) is 6.20 Å². The Morgan fingerprint density at radius 1 is 1.48 bits per heavy atom. The summed E-state index contributed by atoms with van der Waals surface area (Å²) < 4.78 is 13.0. The Labute approximate surface area is 133 Å². The van der Waals surface area contributed by atoms with Crippen molar-refractivity contribution in [3.8, 4) is 5.75 Å². The van der Waals surface area contributed by atoms with Gasteiger partial charge < -0.3 is 15.3 Å². The van der Waals surface area contributed by atoms with Crippen LogP contribution in [0.15, 0.2) is 24.4 Å². The normalized spacial score (nSPS) is 14.3. The highest BCUT2D eigenvalue weighted by atomic mass is 19.1. The van der Waals surface area contributed by atoms with Crippen LogP contribution in [0.25, 0.3) is 0 Å². The summed E-state index contributed by atoms with van der Waals surface area (Å²) in [6.07, 6.45) is 2.66. The minimum atomic E-state index is -0.760. The first-order valence-electron chi connectivity index (χ1n) is 7.32. The summed E-state index contributed by atoms with van der Waals surface area (Å²) in [5.74, 6) is -1.19. The van der Waals surface area contributed by atoms with Crippen molar-refractivity contribution in [2.75, 3.05) is 13.6 Å². The van der Waals surface area contributed by atoms with Crippen LogP contribution in [-0.2, 0) is 19.5 Å².